The topological polar surface area (TPSA) is 107 Å². The maximum Gasteiger partial charge on any atom is 0.404 e. The van der Waals surface area contributed by atoms with Gasteiger partial charge in [0.25, 0.3) is 0 Å². The zero-order valence-electron chi connectivity index (χ0n) is 12.1. The second-order valence-corrected chi connectivity index (χ2v) is 5.72. The number of carbonyl (C=O) groups excluding carboxylic acids is 2. The Kier molecular flexibility index (Phi) is 5.94. The second kappa shape index (κ2) is 7.93. The molecule has 1 heterocycles. The van der Waals surface area contributed by atoms with Crippen molar-refractivity contribution in [1.29, 1.82) is 0 Å². The number of primary amides is 1. The van der Waals surface area contributed by atoms with Crippen LogP contribution >= 0.6 is 11.6 Å². The Morgan fingerprint density at radius 3 is 2.59 bits per heavy atom. The van der Waals surface area contributed by atoms with Crippen LogP contribution in [0.4, 0.5) is 4.79 Å². The van der Waals surface area contributed by atoms with E-state index in [0.29, 0.717) is 17.5 Å². The smallest absolute Gasteiger partial charge is 0.404 e. The minimum absolute atomic E-state index is 0.00371. The highest BCUT2D eigenvalue weighted by atomic mass is 35.5. The van der Waals surface area contributed by atoms with E-state index in [0.717, 1.165) is 25.7 Å². The molecule has 0 spiro atoms. The van der Waals surface area contributed by atoms with Gasteiger partial charge in [0, 0.05) is 18.3 Å². The van der Waals surface area contributed by atoms with Crippen molar-refractivity contribution in [3.8, 4) is 0 Å². The lowest BCUT2D eigenvalue weighted by Crippen LogP contribution is -2.34. The molecule has 1 saturated carbocycles. The van der Waals surface area contributed by atoms with Crippen LogP contribution < -0.4 is 11.1 Å². The largest absolute Gasteiger partial charge is 0.449 e. The molecule has 1 aliphatic carbocycles. The van der Waals surface area contributed by atoms with Gasteiger partial charge in [0.15, 0.2) is 5.15 Å². The van der Waals surface area contributed by atoms with Crippen LogP contribution in [0.2, 0.25) is 5.15 Å². The van der Waals surface area contributed by atoms with Crippen LogP contribution in [0.3, 0.4) is 0 Å². The van der Waals surface area contributed by atoms with Crippen molar-refractivity contribution in [2.24, 2.45) is 17.6 Å². The van der Waals surface area contributed by atoms with Gasteiger partial charge in [-0.15, -0.1) is 0 Å². The SMILES string of the molecule is NC(=O)OC[C@H]1CC[C@H](C(=O)NCc2nccnc2Cl)CC1. The second-order valence-electron chi connectivity index (χ2n) is 5.36. The van der Waals surface area contributed by atoms with Gasteiger partial charge in [0.1, 0.15) is 0 Å². The molecule has 0 bridgehead atoms. The highest BCUT2D eigenvalue weighted by molar-refractivity contribution is 6.29. The highest BCUT2D eigenvalue weighted by Crippen LogP contribution is 2.29. The Morgan fingerprint density at radius 1 is 1.27 bits per heavy atom. The zero-order chi connectivity index (χ0) is 15.9. The maximum atomic E-state index is 12.1. The van der Waals surface area contributed by atoms with Crippen molar-refractivity contribution < 1.29 is 14.3 Å². The van der Waals surface area contributed by atoms with E-state index in [1.165, 1.54) is 12.4 Å². The molecule has 3 N–H and O–H groups in total. The van der Waals surface area contributed by atoms with Gasteiger partial charge in [0.05, 0.1) is 18.8 Å². The normalized spacial score (nSPS) is 21.1. The Morgan fingerprint density at radius 2 is 1.95 bits per heavy atom. The van der Waals surface area contributed by atoms with E-state index in [1.807, 2.05) is 0 Å². The first-order valence-electron chi connectivity index (χ1n) is 7.21. The monoisotopic (exact) mass is 326 g/mol. The van der Waals surface area contributed by atoms with Crippen molar-refractivity contribution in [2.75, 3.05) is 6.61 Å². The van der Waals surface area contributed by atoms with E-state index in [9.17, 15) is 9.59 Å². The molecule has 0 unspecified atom stereocenters. The van der Waals surface area contributed by atoms with E-state index >= 15 is 0 Å². The minimum Gasteiger partial charge on any atom is -0.449 e. The zero-order valence-corrected chi connectivity index (χ0v) is 12.9. The highest BCUT2D eigenvalue weighted by Gasteiger charge is 2.26. The summed E-state index contributed by atoms with van der Waals surface area (Å²) in [4.78, 5) is 30.7. The van der Waals surface area contributed by atoms with Gasteiger partial charge < -0.3 is 15.8 Å². The van der Waals surface area contributed by atoms with Crippen molar-refractivity contribution in [3.05, 3.63) is 23.2 Å². The van der Waals surface area contributed by atoms with E-state index in [2.05, 4.69) is 15.3 Å². The van der Waals surface area contributed by atoms with Crippen molar-refractivity contribution in [3.63, 3.8) is 0 Å². The Hall–Kier alpha value is -1.89. The summed E-state index contributed by atoms with van der Waals surface area (Å²) >= 11 is 5.90. The number of carbonyl (C=O) groups is 2. The first-order chi connectivity index (χ1) is 10.6. The summed E-state index contributed by atoms with van der Waals surface area (Å²) in [5, 5.41) is 3.14. The summed E-state index contributed by atoms with van der Waals surface area (Å²) < 4.78 is 4.80. The van der Waals surface area contributed by atoms with Crippen LogP contribution in [0.25, 0.3) is 0 Å². The van der Waals surface area contributed by atoms with Gasteiger partial charge in [0.2, 0.25) is 5.91 Å². The molecule has 1 fully saturated rings. The molecule has 2 amide bonds. The molecule has 0 radical (unpaired) electrons. The molecular formula is C14H19ClN4O3. The fourth-order valence-electron chi connectivity index (χ4n) is 2.57. The third-order valence-corrected chi connectivity index (χ3v) is 4.15. The number of hydrogen-bond donors (Lipinski definition) is 2. The molecule has 2 rings (SSSR count). The molecular weight excluding hydrogens is 308 g/mol. The maximum absolute atomic E-state index is 12.1. The average Bonchev–Trinajstić information content (AvgIpc) is 2.52. The van der Waals surface area contributed by atoms with Gasteiger partial charge in [-0.25, -0.2) is 9.78 Å². The molecule has 1 aromatic heterocycles. The number of aromatic nitrogens is 2. The number of nitrogens with two attached hydrogens (primary N) is 1. The van der Waals surface area contributed by atoms with Crippen LogP contribution in [0.5, 0.6) is 0 Å². The van der Waals surface area contributed by atoms with E-state index in [-0.39, 0.29) is 24.3 Å². The van der Waals surface area contributed by atoms with Crippen LogP contribution in [-0.2, 0) is 16.1 Å². The Labute approximate surface area is 133 Å². The molecule has 0 aliphatic heterocycles. The number of nitrogens with zero attached hydrogens (tertiary/aromatic N) is 2. The van der Waals surface area contributed by atoms with Gasteiger partial charge in [-0.3, -0.25) is 9.78 Å². The predicted octanol–water partition coefficient (Wildman–Crippen LogP) is 1.65. The third-order valence-electron chi connectivity index (χ3n) is 3.83. The van der Waals surface area contributed by atoms with Gasteiger partial charge in [-0.1, -0.05) is 11.6 Å². The van der Waals surface area contributed by atoms with E-state index in [4.69, 9.17) is 22.1 Å². The summed E-state index contributed by atoms with van der Waals surface area (Å²) in [6.45, 7) is 0.606. The Bertz CT molecular complexity index is 533. The molecule has 22 heavy (non-hydrogen) atoms. The summed E-state index contributed by atoms with van der Waals surface area (Å²) in [5.41, 5.74) is 5.50. The lowest BCUT2D eigenvalue weighted by Gasteiger charge is -2.27. The fourth-order valence-corrected chi connectivity index (χ4v) is 2.75. The summed E-state index contributed by atoms with van der Waals surface area (Å²) in [5.74, 6) is 0.252. The van der Waals surface area contributed by atoms with Crippen LogP contribution in [0, 0.1) is 11.8 Å². The number of amides is 2. The molecule has 1 aromatic rings. The Balaban J connectivity index is 1.73. The number of nitrogens with one attached hydrogen (secondary N) is 1. The number of hydrogen-bond acceptors (Lipinski definition) is 5. The molecule has 1 aliphatic rings. The first-order valence-corrected chi connectivity index (χ1v) is 7.59. The van der Waals surface area contributed by atoms with E-state index < -0.39 is 6.09 Å². The third kappa shape index (κ3) is 4.84. The first kappa shape index (κ1) is 16.5. The molecule has 0 saturated heterocycles. The van der Waals surface area contributed by atoms with E-state index in [1.54, 1.807) is 0 Å². The van der Waals surface area contributed by atoms with Crippen molar-refractivity contribution >= 4 is 23.6 Å². The lowest BCUT2D eigenvalue weighted by atomic mass is 9.82. The molecule has 8 heteroatoms. The molecule has 0 aromatic carbocycles. The summed E-state index contributed by atoms with van der Waals surface area (Å²) in [6.07, 6.45) is 5.52. The van der Waals surface area contributed by atoms with Crippen molar-refractivity contribution in [1.82, 2.24) is 15.3 Å². The van der Waals surface area contributed by atoms with Crippen LogP contribution in [-0.4, -0.2) is 28.6 Å². The number of ether oxygens (including phenoxy) is 1. The summed E-state index contributed by atoms with van der Waals surface area (Å²) in [7, 11) is 0. The minimum atomic E-state index is -0.749. The summed E-state index contributed by atoms with van der Waals surface area (Å²) in [6, 6.07) is 0. The van der Waals surface area contributed by atoms with Crippen molar-refractivity contribution in [2.45, 2.75) is 32.2 Å². The van der Waals surface area contributed by atoms with Gasteiger partial charge in [-0.05, 0) is 31.6 Å². The quantitative estimate of drug-likeness (QED) is 0.855. The van der Waals surface area contributed by atoms with Gasteiger partial charge >= 0.3 is 6.09 Å². The standard InChI is InChI=1S/C14H19ClN4O3/c15-12-11(17-5-6-18-12)7-19-13(20)10-3-1-9(2-4-10)8-22-14(16)21/h5-6,9-10H,1-4,7-8H2,(H2,16,21)(H,19,20)/t9-,10-. The number of rotatable bonds is 5. The number of halogens is 1. The molecule has 120 valence electrons. The average molecular weight is 327 g/mol. The molecule has 0 atom stereocenters. The van der Waals surface area contributed by atoms with Crippen LogP contribution in [0.1, 0.15) is 31.4 Å². The molecule has 7 nitrogen and oxygen atoms in total. The van der Waals surface area contributed by atoms with Crippen LogP contribution in [0.15, 0.2) is 12.4 Å². The predicted molar refractivity (Wildman–Crippen MR) is 79.9 cm³/mol. The lowest BCUT2D eigenvalue weighted by molar-refractivity contribution is -0.126. The fraction of sp³-hybridized carbons (Fsp3) is 0.571. The van der Waals surface area contributed by atoms with Gasteiger partial charge in [-0.2, -0.15) is 0 Å².